The van der Waals surface area contributed by atoms with Gasteiger partial charge in [0.25, 0.3) is 5.69 Å². The van der Waals surface area contributed by atoms with E-state index in [0.29, 0.717) is 20.9 Å². The first-order chi connectivity index (χ1) is 9.08. The third-order valence-corrected chi connectivity index (χ3v) is 3.18. The molecule has 0 radical (unpaired) electrons. The monoisotopic (exact) mass is 342 g/mol. The summed E-state index contributed by atoms with van der Waals surface area (Å²) < 4.78 is 6.04. The fourth-order valence-corrected chi connectivity index (χ4v) is 2.04. The minimum atomic E-state index is -0.465. The van der Waals surface area contributed by atoms with Crippen molar-refractivity contribution >= 4 is 33.2 Å². The minimum Gasteiger partial charge on any atom is -0.486 e. The standard InChI is InChI=1S/C12H8BrClN2O3/c13-12-11(2-1-5-15-12)19-7-8-6-9(14)3-4-10(8)16(17)18/h1-6H,7H2. The summed E-state index contributed by atoms with van der Waals surface area (Å²) in [7, 11) is 0. The first kappa shape index (κ1) is 13.8. The average Bonchev–Trinajstić information content (AvgIpc) is 2.37. The second kappa shape index (κ2) is 5.99. The van der Waals surface area contributed by atoms with Gasteiger partial charge in [0.2, 0.25) is 0 Å². The van der Waals surface area contributed by atoms with Crippen molar-refractivity contribution in [3.05, 3.63) is 61.8 Å². The van der Waals surface area contributed by atoms with Gasteiger partial charge in [0.1, 0.15) is 11.2 Å². The molecule has 2 aromatic rings. The number of hydrogen-bond acceptors (Lipinski definition) is 4. The Kier molecular flexibility index (Phi) is 4.34. The number of rotatable bonds is 4. The van der Waals surface area contributed by atoms with Crippen LogP contribution in [-0.4, -0.2) is 9.91 Å². The number of hydrogen-bond donors (Lipinski definition) is 0. The van der Waals surface area contributed by atoms with Gasteiger partial charge in [0, 0.05) is 17.3 Å². The molecule has 5 nitrogen and oxygen atoms in total. The van der Waals surface area contributed by atoms with Crippen LogP contribution in [0.2, 0.25) is 5.02 Å². The maximum absolute atomic E-state index is 10.9. The number of ether oxygens (including phenoxy) is 1. The van der Waals surface area contributed by atoms with Gasteiger partial charge in [-0.05, 0) is 40.2 Å². The van der Waals surface area contributed by atoms with Crippen LogP contribution in [0.15, 0.2) is 41.1 Å². The molecular formula is C12H8BrClN2O3. The van der Waals surface area contributed by atoms with Gasteiger partial charge in [0.05, 0.1) is 10.5 Å². The van der Waals surface area contributed by atoms with Crippen molar-refractivity contribution in [3.63, 3.8) is 0 Å². The molecule has 1 aromatic carbocycles. The number of nitrogens with zero attached hydrogens (tertiary/aromatic N) is 2. The van der Waals surface area contributed by atoms with Gasteiger partial charge in [-0.2, -0.15) is 0 Å². The van der Waals surface area contributed by atoms with Crippen LogP contribution in [0.1, 0.15) is 5.56 Å². The molecule has 0 aliphatic rings. The van der Waals surface area contributed by atoms with Crippen molar-refractivity contribution < 1.29 is 9.66 Å². The van der Waals surface area contributed by atoms with Crippen LogP contribution in [-0.2, 0) is 6.61 Å². The Morgan fingerprint density at radius 2 is 2.21 bits per heavy atom. The highest BCUT2D eigenvalue weighted by Gasteiger charge is 2.15. The Labute approximate surface area is 122 Å². The van der Waals surface area contributed by atoms with E-state index < -0.39 is 4.92 Å². The minimum absolute atomic E-state index is 0.0237. The first-order valence-corrected chi connectivity index (χ1v) is 6.41. The summed E-state index contributed by atoms with van der Waals surface area (Å²) >= 11 is 9.07. The number of halogens is 2. The highest BCUT2D eigenvalue weighted by molar-refractivity contribution is 9.10. The fourth-order valence-electron chi connectivity index (χ4n) is 1.48. The molecular weight excluding hydrogens is 336 g/mol. The molecule has 0 spiro atoms. The zero-order valence-electron chi connectivity index (χ0n) is 9.55. The van der Waals surface area contributed by atoms with Gasteiger partial charge in [-0.3, -0.25) is 10.1 Å². The maximum atomic E-state index is 10.9. The summed E-state index contributed by atoms with van der Waals surface area (Å²) in [6.45, 7) is 0.0428. The van der Waals surface area contributed by atoms with E-state index in [0.717, 1.165) is 0 Å². The number of benzene rings is 1. The molecule has 2 rings (SSSR count). The lowest BCUT2D eigenvalue weighted by molar-refractivity contribution is -0.385. The quantitative estimate of drug-likeness (QED) is 0.478. The summed E-state index contributed by atoms with van der Waals surface area (Å²) in [6, 6.07) is 7.78. The van der Waals surface area contributed by atoms with Crippen LogP contribution in [0.3, 0.4) is 0 Å². The molecule has 0 fully saturated rings. The fraction of sp³-hybridized carbons (Fsp3) is 0.0833. The van der Waals surface area contributed by atoms with Crippen LogP contribution in [0.5, 0.6) is 5.75 Å². The van der Waals surface area contributed by atoms with Crippen molar-refractivity contribution in [2.75, 3.05) is 0 Å². The smallest absolute Gasteiger partial charge is 0.276 e. The predicted molar refractivity (Wildman–Crippen MR) is 74.4 cm³/mol. The van der Waals surface area contributed by atoms with Crippen molar-refractivity contribution in [2.24, 2.45) is 0 Å². The van der Waals surface area contributed by atoms with Gasteiger partial charge >= 0.3 is 0 Å². The molecule has 0 N–H and O–H groups in total. The van der Waals surface area contributed by atoms with Crippen LogP contribution in [0.25, 0.3) is 0 Å². The lowest BCUT2D eigenvalue weighted by Crippen LogP contribution is -2.01. The number of nitro benzene ring substituents is 1. The van der Waals surface area contributed by atoms with E-state index in [2.05, 4.69) is 20.9 Å². The van der Waals surface area contributed by atoms with Crippen molar-refractivity contribution in [1.82, 2.24) is 4.98 Å². The predicted octanol–water partition coefficient (Wildman–Crippen LogP) is 3.98. The largest absolute Gasteiger partial charge is 0.486 e. The molecule has 0 saturated carbocycles. The summed E-state index contributed by atoms with van der Waals surface area (Å²) in [5.41, 5.74) is 0.387. The molecule has 0 unspecified atom stereocenters. The van der Waals surface area contributed by atoms with Crippen LogP contribution >= 0.6 is 27.5 Å². The molecule has 1 heterocycles. The second-order valence-corrected chi connectivity index (χ2v) is 4.80. The SMILES string of the molecule is O=[N+]([O-])c1ccc(Cl)cc1COc1cccnc1Br. The highest BCUT2D eigenvalue weighted by Crippen LogP contribution is 2.26. The van der Waals surface area contributed by atoms with Gasteiger partial charge in [-0.15, -0.1) is 0 Å². The molecule has 1 aromatic heterocycles. The summed E-state index contributed by atoms with van der Waals surface area (Å²) in [6.07, 6.45) is 1.61. The molecule has 98 valence electrons. The van der Waals surface area contributed by atoms with Gasteiger partial charge < -0.3 is 4.74 Å². The van der Waals surface area contributed by atoms with E-state index in [-0.39, 0.29) is 12.3 Å². The van der Waals surface area contributed by atoms with Crippen molar-refractivity contribution in [3.8, 4) is 5.75 Å². The van der Waals surface area contributed by atoms with E-state index in [9.17, 15) is 10.1 Å². The molecule has 0 aliphatic carbocycles. The van der Waals surface area contributed by atoms with Crippen molar-refractivity contribution in [2.45, 2.75) is 6.61 Å². The Bertz CT molecular complexity index is 622. The van der Waals surface area contributed by atoms with E-state index in [1.54, 1.807) is 18.3 Å². The van der Waals surface area contributed by atoms with Crippen LogP contribution < -0.4 is 4.74 Å². The first-order valence-electron chi connectivity index (χ1n) is 5.24. The topological polar surface area (TPSA) is 65.3 Å². The summed E-state index contributed by atoms with van der Waals surface area (Å²) in [5.74, 6) is 0.511. The van der Waals surface area contributed by atoms with E-state index >= 15 is 0 Å². The third kappa shape index (κ3) is 3.42. The highest BCUT2D eigenvalue weighted by atomic mass is 79.9. The van der Waals surface area contributed by atoms with Crippen LogP contribution in [0.4, 0.5) is 5.69 Å². The van der Waals surface area contributed by atoms with Crippen molar-refractivity contribution in [1.29, 1.82) is 0 Å². The lowest BCUT2D eigenvalue weighted by Gasteiger charge is -2.08. The van der Waals surface area contributed by atoms with E-state index in [4.69, 9.17) is 16.3 Å². The zero-order chi connectivity index (χ0) is 13.8. The van der Waals surface area contributed by atoms with Gasteiger partial charge in [-0.25, -0.2) is 4.98 Å². The molecule has 0 atom stereocenters. The molecule has 7 heteroatoms. The zero-order valence-corrected chi connectivity index (χ0v) is 11.9. The van der Waals surface area contributed by atoms with Gasteiger partial charge in [0.15, 0.2) is 5.75 Å². The molecule has 0 saturated heterocycles. The molecule has 19 heavy (non-hydrogen) atoms. The third-order valence-electron chi connectivity index (χ3n) is 2.35. The Morgan fingerprint density at radius 3 is 2.89 bits per heavy atom. The van der Waals surface area contributed by atoms with Gasteiger partial charge in [-0.1, -0.05) is 11.6 Å². The maximum Gasteiger partial charge on any atom is 0.276 e. The average molecular weight is 344 g/mol. The Balaban J connectivity index is 2.22. The van der Waals surface area contributed by atoms with E-state index in [1.807, 2.05) is 0 Å². The lowest BCUT2D eigenvalue weighted by atomic mass is 10.2. The molecule has 0 aliphatic heterocycles. The summed E-state index contributed by atoms with van der Waals surface area (Å²) in [5, 5.41) is 11.3. The van der Waals surface area contributed by atoms with E-state index in [1.165, 1.54) is 18.2 Å². The number of pyridine rings is 1. The normalized spacial score (nSPS) is 10.2. The molecule has 0 bridgehead atoms. The molecule has 0 amide bonds. The Morgan fingerprint density at radius 1 is 1.42 bits per heavy atom. The summed E-state index contributed by atoms with van der Waals surface area (Å²) in [4.78, 5) is 14.4. The second-order valence-electron chi connectivity index (χ2n) is 3.61. The van der Waals surface area contributed by atoms with Crippen LogP contribution in [0, 0.1) is 10.1 Å². The number of aromatic nitrogens is 1. The number of nitro groups is 1. The Hall–Kier alpha value is -1.66.